The molecule has 2 rings (SSSR count). The quantitative estimate of drug-likeness (QED) is 0.874. The van der Waals surface area contributed by atoms with Gasteiger partial charge >= 0.3 is 0 Å². The summed E-state index contributed by atoms with van der Waals surface area (Å²) in [6, 6.07) is 7.73. The molecule has 102 valence electrons. The summed E-state index contributed by atoms with van der Waals surface area (Å²) in [5.74, 6) is -2.08. The van der Waals surface area contributed by atoms with Crippen LogP contribution < -0.4 is 5.73 Å². The number of benzene rings is 1. The Morgan fingerprint density at radius 3 is 2.50 bits per heavy atom. The van der Waals surface area contributed by atoms with E-state index in [9.17, 15) is 14.0 Å². The molecular formula is C15H13F2N3. The maximum atomic E-state index is 14.0. The van der Waals surface area contributed by atoms with E-state index in [0.29, 0.717) is 0 Å². The van der Waals surface area contributed by atoms with Crippen molar-refractivity contribution in [2.45, 2.75) is 18.8 Å². The van der Waals surface area contributed by atoms with Gasteiger partial charge in [-0.25, -0.2) is 8.78 Å². The van der Waals surface area contributed by atoms with Gasteiger partial charge in [-0.3, -0.25) is 4.98 Å². The summed E-state index contributed by atoms with van der Waals surface area (Å²) in [6.07, 6.45) is 3.38. The van der Waals surface area contributed by atoms with E-state index >= 15 is 0 Å². The van der Waals surface area contributed by atoms with E-state index in [1.807, 2.05) is 6.07 Å². The lowest BCUT2D eigenvalue weighted by atomic mass is 9.77. The summed E-state index contributed by atoms with van der Waals surface area (Å²) in [4.78, 5) is 3.88. The number of anilines is 1. The average molecular weight is 273 g/mol. The molecule has 0 spiro atoms. The Morgan fingerprint density at radius 1 is 1.25 bits per heavy atom. The molecule has 0 saturated heterocycles. The number of pyridine rings is 1. The maximum Gasteiger partial charge on any atom is 0.165 e. The van der Waals surface area contributed by atoms with Gasteiger partial charge in [-0.15, -0.1) is 0 Å². The molecule has 0 aliphatic carbocycles. The van der Waals surface area contributed by atoms with Gasteiger partial charge in [0, 0.05) is 23.6 Å². The Labute approximate surface area is 115 Å². The van der Waals surface area contributed by atoms with Crippen molar-refractivity contribution in [1.82, 2.24) is 4.98 Å². The molecule has 0 bridgehead atoms. The van der Waals surface area contributed by atoms with Gasteiger partial charge in [0.05, 0.1) is 11.5 Å². The second-order valence-electron chi connectivity index (χ2n) is 4.80. The third kappa shape index (κ3) is 2.45. The van der Waals surface area contributed by atoms with Crippen LogP contribution in [0.2, 0.25) is 0 Å². The predicted molar refractivity (Wildman–Crippen MR) is 71.7 cm³/mol. The Hall–Kier alpha value is -2.48. The molecule has 0 aliphatic heterocycles. The lowest BCUT2D eigenvalue weighted by Gasteiger charge is -2.24. The molecule has 1 heterocycles. The molecule has 0 aliphatic rings. The smallest absolute Gasteiger partial charge is 0.165 e. The highest BCUT2D eigenvalue weighted by atomic mass is 19.2. The number of nitrogen functional groups attached to an aromatic ring is 1. The summed E-state index contributed by atoms with van der Waals surface area (Å²) >= 11 is 0. The average Bonchev–Trinajstić information content (AvgIpc) is 2.44. The lowest BCUT2D eigenvalue weighted by Crippen LogP contribution is -2.26. The number of hydrogen-bond donors (Lipinski definition) is 1. The zero-order chi connectivity index (χ0) is 14.8. The van der Waals surface area contributed by atoms with E-state index in [-0.39, 0.29) is 17.7 Å². The molecule has 0 radical (unpaired) electrons. The fourth-order valence-corrected chi connectivity index (χ4v) is 2.22. The van der Waals surface area contributed by atoms with Crippen LogP contribution in [0.1, 0.15) is 18.1 Å². The molecule has 5 heteroatoms. The van der Waals surface area contributed by atoms with E-state index in [1.54, 1.807) is 31.5 Å². The van der Waals surface area contributed by atoms with E-state index < -0.39 is 17.0 Å². The Morgan fingerprint density at radius 2 is 1.90 bits per heavy atom. The van der Waals surface area contributed by atoms with Crippen LogP contribution in [0.25, 0.3) is 0 Å². The molecule has 1 unspecified atom stereocenters. The van der Waals surface area contributed by atoms with Crippen molar-refractivity contribution < 1.29 is 8.78 Å². The first-order valence-electron chi connectivity index (χ1n) is 6.02. The molecule has 1 atom stereocenters. The van der Waals surface area contributed by atoms with Crippen molar-refractivity contribution in [1.29, 1.82) is 5.26 Å². The monoisotopic (exact) mass is 273 g/mol. The minimum Gasteiger partial charge on any atom is -0.398 e. The molecule has 0 amide bonds. The number of halogens is 2. The van der Waals surface area contributed by atoms with E-state index in [4.69, 9.17) is 5.73 Å². The first kappa shape index (κ1) is 13.9. The third-order valence-corrected chi connectivity index (χ3v) is 3.23. The van der Waals surface area contributed by atoms with Gasteiger partial charge in [0.1, 0.15) is 0 Å². The topological polar surface area (TPSA) is 62.7 Å². The predicted octanol–water partition coefficient (Wildman–Crippen LogP) is 2.97. The SMILES string of the molecule is CC(C#N)(Cc1ccncc1)c1c(N)ccc(F)c1F. The normalized spacial score (nSPS) is 13.5. The highest BCUT2D eigenvalue weighted by Crippen LogP contribution is 2.34. The second-order valence-corrected chi connectivity index (χ2v) is 4.80. The summed E-state index contributed by atoms with van der Waals surface area (Å²) in [5.41, 5.74) is 5.25. The van der Waals surface area contributed by atoms with Crippen molar-refractivity contribution in [3.8, 4) is 6.07 Å². The lowest BCUT2D eigenvalue weighted by molar-refractivity contribution is 0.472. The van der Waals surface area contributed by atoms with Crippen molar-refractivity contribution in [2.75, 3.05) is 5.73 Å². The molecule has 3 nitrogen and oxygen atoms in total. The van der Waals surface area contributed by atoms with Gasteiger partial charge in [0.2, 0.25) is 0 Å². The molecular weight excluding hydrogens is 260 g/mol. The first-order chi connectivity index (χ1) is 9.48. The van der Waals surface area contributed by atoms with Crippen LogP contribution in [0.4, 0.5) is 14.5 Å². The largest absolute Gasteiger partial charge is 0.398 e. The number of aromatic nitrogens is 1. The number of nitrogens with zero attached hydrogens (tertiary/aromatic N) is 2. The highest BCUT2D eigenvalue weighted by Gasteiger charge is 2.33. The minimum absolute atomic E-state index is 0.0713. The maximum absolute atomic E-state index is 14.0. The highest BCUT2D eigenvalue weighted by molar-refractivity contribution is 5.54. The number of nitriles is 1. The van der Waals surface area contributed by atoms with Crippen molar-refractivity contribution >= 4 is 5.69 Å². The fourth-order valence-electron chi connectivity index (χ4n) is 2.22. The van der Waals surface area contributed by atoms with Gasteiger partial charge in [0.25, 0.3) is 0 Å². The summed E-state index contributed by atoms with van der Waals surface area (Å²) < 4.78 is 27.4. The number of nitrogens with two attached hydrogens (primary N) is 1. The van der Waals surface area contributed by atoms with Crippen LogP contribution in [-0.2, 0) is 11.8 Å². The molecule has 1 aromatic carbocycles. The van der Waals surface area contributed by atoms with Crippen LogP contribution in [0.3, 0.4) is 0 Å². The molecule has 2 aromatic rings. The van der Waals surface area contributed by atoms with Crippen LogP contribution in [-0.4, -0.2) is 4.98 Å². The number of hydrogen-bond acceptors (Lipinski definition) is 3. The molecule has 1 aromatic heterocycles. The Balaban J connectivity index is 2.52. The van der Waals surface area contributed by atoms with Crippen LogP contribution in [0.5, 0.6) is 0 Å². The Kier molecular flexibility index (Phi) is 3.66. The molecule has 0 fully saturated rings. The number of rotatable bonds is 3. The summed E-state index contributed by atoms with van der Waals surface area (Å²) in [5, 5.41) is 9.43. The van der Waals surface area contributed by atoms with Crippen molar-refractivity contribution in [2.24, 2.45) is 0 Å². The fraction of sp³-hybridized carbons (Fsp3) is 0.200. The molecule has 20 heavy (non-hydrogen) atoms. The minimum atomic E-state index is -1.25. The van der Waals surface area contributed by atoms with Crippen LogP contribution in [0.15, 0.2) is 36.7 Å². The van der Waals surface area contributed by atoms with Crippen molar-refractivity contribution in [3.05, 3.63) is 59.4 Å². The van der Waals surface area contributed by atoms with Gasteiger partial charge in [-0.2, -0.15) is 5.26 Å². The first-order valence-corrected chi connectivity index (χ1v) is 6.02. The van der Waals surface area contributed by atoms with E-state index in [2.05, 4.69) is 4.98 Å². The Bertz CT molecular complexity index is 665. The van der Waals surface area contributed by atoms with Gasteiger partial charge < -0.3 is 5.73 Å². The molecule has 0 saturated carbocycles. The van der Waals surface area contributed by atoms with Crippen LogP contribution in [0, 0.1) is 23.0 Å². The standard InChI is InChI=1S/C15H13F2N3/c1-15(9-18,8-10-4-6-20-7-5-10)13-12(19)3-2-11(16)14(13)17/h2-7H,8,19H2,1H3. The van der Waals surface area contributed by atoms with Crippen molar-refractivity contribution in [3.63, 3.8) is 0 Å². The third-order valence-electron chi connectivity index (χ3n) is 3.23. The second kappa shape index (κ2) is 5.25. The van der Waals surface area contributed by atoms with Gasteiger partial charge in [0.15, 0.2) is 11.6 Å². The zero-order valence-corrected chi connectivity index (χ0v) is 10.9. The van der Waals surface area contributed by atoms with Crippen LogP contribution >= 0.6 is 0 Å². The molecule has 2 N–H and O–H groups in total. The zero-order valence-electron chi connectivity index (χ0n) is 10.9. The van der Waals surface area contributed by atoms with Gasteiger partial charge in [-0.05, 0) is 43.2 Å². The summed E-state index contributed by atoms with van der Waals surface area (Å²) in [6.45, 7) is 1.54. The van der Waals surface area contributed by atoms with E-state index in [1.165, 1.54) is 6.07 Å². The van der Waals surface area contributed by atoms with E-state index in [0.717, 1.165) is 11.6 Å². The van der Waals surface area contributed by atoms with Gasteiger partial charge in [-0.1, -0.05) is 0 Å². The summed E-state index contributed by atoms with van der Waals surface area (Å²) in [7, 11) is 0.